The molecule has 0 bridgehead atoms. The smallest absolute Gasteiger partial charge is 0.170 e. The standard InChI is InChI=1S/C25H22O6/c26-15-18-23(29)21(19(27)13-11-16-7-3-1-4-8-16)25(31)22(24(18)30)20(28)14-12-17-9-5-2-6-10-17/h1-10,15,29-31H,11-14H2. The Labute approximate surface area is 179 Å². The van der Waals surface area contributed by atoms with Gasteiger partial charge in [0.1, 0.15) is 28.4 Å². The van der Waals surface area contributed by atoms with Gasteiger partial charge in [0, 0.05) is 12.8 Å². The molecule has 3 aromatic carbocycles. The molecule has 0 unspecified atom stereocenters. The lowest BCUT2D eigenvalue weighted by Crippen LogP contribution is -2.10. The fourth-order valence-electron chi connectivity index (χ4n) is 3.43. The van der Waals surface area contributed by atoms with Crippen LogP contribution in [-0.2, 0) is 12.8 Å². The Morgan fingerprint density at radius 3 is 1.39 bits per heavy atom. The van der Waals surface area contributed by atoms with Crippen LogP contribution in [0.25, 0.3) is 0 Å². The topological polar surface area (TPSA) is 112 Å². The molecule has 0 aliphatic carbocycles. The molecule has 0 fully saturated rings. The van der Waals surface area contributed by atoms with E-state index in [0.717, 1.165) is 11.1 Å². The highest BCUT2D eigenvalue weighted by atomic mass is 16.3. The van der Waals surface area contributed by atoms with Crippen molar-refractivity contribution in [2.24, 2.45) is 0 Å². The first-order chi connectivity index (χ1) is 14.9. The van der Waals surface area contributed by atoms with Crippen LogP contribution in [0.15, 0.2) is 60.7 Å². The molecule has 0 aliphatic rings. The number of aldehydes is 1. The van der Waals surface area contributed by atoms with Crippen molar-refractivity contribution in [3.8, 4) is 17.2 Å². The van der Waals surface area contributed by atoms with Crippen LogP contribution >= 0.6 is 0 Å². The second kappa shape index (κ2) is 9.71. The Morgan fingerprint density at radius 2 is 1.03 bits per heavy atom. The van der Waals surface area contributed by atoms with Gasteiger partial charge in [0.15, 0.2) is 17.9 Å². The zero-order valence-corrected chi connectivity index (χ0v) is 16.7. The minimum Gasteiger partial charge on any atom is -0.506 e. The predicted octanol–water partition coefficient (Wildman–Crippen LogP) is 4.25. The number of benzene rings is 3. The first kappa shape index (κ1) is 21.8. The van der Waals surface area contributed by atoms with Crippen LogP contribution in [0.3, 0.4) is 0 Å². The first-order valence-electron chi connectivity index (χ1n) is 9.84. The van der Waals surface area contributed by atoms with Gasteiger partial charge < -0.3 is 15.3 Å². The van der Waals surface area contributed by atoms with E-state index in [1.807, 2.05) is 60.7 Å². The van der Waals surface area contributed by atoms with Gasteiger partial charge in [-0.3, -0.25) is 14.4 Å². The Balaban J connectivity index is 1.91. The summed E-state index contributed by atoms with van der Waals surface area (Å²) >= 11 is 0. The van der Waals surface area contributed by atoms with Crippen molar-refractivity contribution >= 4 is 17.9 Å². The maximum Gasteiger partial charge on any atom is 0.170 e. The molecule has 0 atom stereocenters. The number of aryl methyl sites for hydroxylation is 2. The van der Waals surface area contributed by atoms with E-state index in [9.17, 15) is 29.7 Å². The van der Waals surface area contributed by atoms with Crippen molar-refractivity contribution in [1.29, 1.82) is 0 Å². The van der Waals surface area contributed by atoms with Crippen LogP contribution in [0.1, 0.15) is 55.0 Å². The Hall–Kier alpha value is -3.93. The lowest BCUT2D eigenvalue weighted by Gasteiger charge is -2.15. The molecular formula is C25H22O6. The average molecular weight is 418 g/mol. The minimum atomic E-state index is -0.831. The normalized spacial score (nSPS) is 10.6. The predicted molar refractivity (Wildman–Crippen MR) is 115 cm³/mol. The van der Waals surface area contributed by atoms with Gasteiger partial charge >= 0.3 is 0 Å². The van der Waals surface area contributed by atoms with Crippen molar-refractivity contribution in [1.82, 2.24) is 0 Å². The van der Waals surface area contributed by atoms with Crippen LogP contribution in [0, 0.1) is 0 Å². The molecule has 0 saturated carbocycles. The monoisotopic (exact) mass is 418 g/mol. The molecule has 0 heterocycles. The van der Waals surface area contributed by atoms with E-state index in [2.05, 4.69) is 0 Å². The molecular weight excluding hydrogens is 396 g/mol. The Morgan fingerprint density at radius 1 is 0.645 bits per heavy atom. The quantitative estimate of drug-likeness (QED) is 0.354. The van der Waals surface area contributed by atoms with E-state index in [1.165, 1.54) is 0 Å². The highest BCUT2D eigenvalue weighted by Crippen LogP contribution is 2.42. The summed E-state index contributed by atoms with van der Waals surface area (Å²) in [7, 11) is 0. The second-order valence-electron chi connectivity index (χ2n) is 7.14. The maximum absolute atomic E-state index is 12.8. The molecule has 6 nitrogen and oxygen atoms in total. The van der Waals surface area contributed by atoms with Crippen molar-refractivity contribution in [2.45, 2.75) is 25.7 Å². The van der Waals surface area contributed by atoms with Gasteiger partial charge in [-0.15, -0.1) is 0 Å². The molecule has 0 spiro atoms. The summed E-state index contributed by atoms with van der Waals surface area (Å²) in [5.41, 5.74) is 0.105. The first-order valence-corrected chi connectivity index (χ1v) is 9.84. The molecule has 158 valence electrons. The van der Waals surface area contributed by atoms with E-state index >= 15 is 0 Å². The highest BCUT2D eigenvalue weighted by Gasteiger charge is 2.30. The average Bonchev–Trinajstić information content (AvgIpc) is 2.78. The van der Waals surface area contributed by atoms with Gasteiger partial charge in [0.2, 0.25) is 0 Å². The summed E-state index contributed by atoms with van der Waals surface area (Å²) in [6, 6.07) is 18.3. The number of ketones is 2. The van der Waals surface area contributed by atoms with E-state index in [4.69, 9.17) is 0 Å². The van der Waals surface area contributed by atoms with E-state index in [0.29, 0.717) is 12.8 Å². The Kier molecular flexibility index (Phi) is 6.82. The number of phenols is 3. The zero-order chi connectivity index (χ0) is 22.4. The molecule has 3 rings (SSSR count). The van der Waals surface area contributed by atoms with E-state index in [1.54, 1.807) is 0 Å². The van der Waals surface area contributed by atoms with Gasteiger partial charge in [-0.2, -0.15) is 0 Å². The van der Waals surface area contributed by atoms with Crippen molar-refractivity contribution < 1.29 is 29.7 Å². The molecule has 3 N–H and O–H groups in total. The third kappa shape index (κ3) is 4.80. The van der Waals surface area contributed by atoms with Crippen LogP contribution in [0.2, 0.25) is 0 Å². The fraction of sp³-hybridized carbons (Fsp3) is 0.160. The number of phenolic OH excluding ortho intramolecular Hbond substituents is 3. The third-order valence-corrected chi connectivity index (χ3v) is 5.10. The van der Waals surface area contributed by atoms with Gasteiger partial charge in [0.25, 0.3) is 0 Å². The van der Waals surface area contributed by atoms with Crippen LogP contribution < -0.4 is 0 Å². The number of hydrogen-bond acceptors (Lipinski definition) is 6. The third-order valence-electron chi connectivity index (χ3n) is 5.10. The fourth-order valence-corrected chi connectivity index (χ4v) is 3.43. The summed E-state index contributed by atoms with van der Waals surface area (Å²) in [5.74, 6) is -3.75. The largest absolute Gasteiger partial charge is 0.506 e. The number of rotatable bonds is 9. The summed E-state index contributed by atoms with van der Waals surface area (Å²) in [6.07, 6.45) is 0.712. The summed E-state index contributed by atoms with van der Waals surface area (Å²) in [5, 5.41) is 31.3. The van der Waals surface area contributed by atoms with Crippen LogP contribution in [-0.4, -0.2) is 33.2 Å². The molecule has 0 aromatic heterocycles. The SMILES string of the molecule is O=Cc1c(O)c(C(=O)CCc2ccccc2)c(O)c(C(=O)CCc2ccccc2)c1O. The van der Waals surface area contributed by atoms with E-state index in [-0.39, 0.29) is 19.1 Å². The van der Waals surface area contributed by atoms with Crippen LogP contribution in [0.4, 0.5) is 0 Å². The lowest BCUT2D eigenvalue weighted by molar-refractivity contribution is 0.0975. The second-order valence-corrected chi connectivity index (χ2v) is 7.14. The van der Waals surface area contributed by atoms with Crippen molar-refractivity contribution in [2.75, 3.05) is 0 Å². The van der Waals surface area contributed by atoms with E-state index < -0.39 is 45.5 Å². The van der Waals surface area contributed by atoms with Gasteiger partial charge in [-0.05, 0) is 24.0 Å². The van der Waals surface area contributed by atoms with Gasteiger partial charge in [0.05, 0.1) is 5.56 Å². The summed E-state index contributed by atoms with van der Waals surface area (Å²) < 4.78 is 0. The van der Waals surface area contributed by atoms with Gasteiger partial charge in [-0.25, -0.2) is 0 Å². The number of hydrogen-bond donors (Lipinski definition) is 3. The molecule has 31 heavy (non-hydrogen) atoms. The summed E-state index contributed by atoms with van der Waals surface area (Å²) in [6.45, 7) is 0. The molecule has 0 aliphatic heterocycles. The molecule has 0 amide bonds. The van der Waals surface area contributed by atoms with Crippen LogP contribution in [0.5, 0.6) is 17.2 Å². The number of aromatic hydroxyl groups is 3. The number of Topliss-reactive ketones (excluding diaryl/α,β-unsaturated/α-hetero) is 2. The molecule has 0 radical (unpaired) electrons. The maximum atomic E-state index is 12.8. The Bertz CT molecular complexity index is 1020. The van der Waals surface area contributed by atoms with Gasteiger partial charge in [-0.1, -0.05) is 60.7 Å². The molecule has 6 heteroatoms. The molecule has 0 saturated heterocycles. The number of carbonyl (C=O) groups excluding carboxylic acids is 3. The lowest BCUT2D eigenvalue weighted by atomic mass is 9.92. The van der Waals surface area contributed by atoms with Crippen molar-refractivity contribution in [3.63, 3.8) is 0 Å². The number of carbonyl (C=O) groups is 3. The molecule has 3 aromatic rings. The zero-order valence-electron chi connectivity index (χ0n) is 16.7. The highest BCUT2D eigenvalue weighted by molar-refractivity contribution is 6.11. The van der Waals surface area contributed by atoms with Crippen molar-refractivity contribution in [3.05, 3.63) is 88.5 Å². The minimum absolute atomic E-state index is 0.0636. The summed E-state index contributed by atoms with van der Waals surface area (Å²) in [4.78, 5) is 37.0.